The number of hydrogen-bond acceptors (Lipinski definition) is 3. The summed E-state index contributed by atoms with van der Waals surface area (Å²) in [4.78, 5) is 24.4. The van der Waals surface area contributed by atoms with Gasteiger partial charge in [0.2, 0.25) is 0 Å². The number of nitrogens with one attached hydrogen (secondary N) is 2. The van der Waals surface area contributed by atoms with Crippen LogP contribution in [-0.2, 0) is 4.79 Å². The Bertz CT molecular complexity index is 298. The molecule has 0 aromatic rings. The van der Waals surface area contributed by atoms with Crippen LogP contribution >= 0.6 is 0 Å². The average molecular weight is 243 g/mol. The van der Waals surface area contributed by atoms with E-state index < -0.39 is 11.5 Å². The van der Waals surface area contributed by atoms with Gasteiger partial charge in [-0.1, -0.05) is 0 Å². The standard InChI is InChI=1S/C11H21N3O3/c1-11(2,9(15)16)13-10(17)14(3)8-4-6-12-7-5-8/h8,12H,4-7H2,1-3H3,(H,13,17)(H,15,16). The molecule has 0 unspecified atom stereocenters. The minimum absolute atomic E-state index is 0.181. The molecule has 0 aromatic carbocycles. The van der Waals surface area contributed by atoms with Crippen molar-refractivity contribution in [1.82, 2.24) is 15.5 Å². The SMILES string of the molecule is CN(C(=O)NC(C)(C)C(=O)O)C1CCNCC1. The summed E-state index contributed by atoms with van der Waals surface area (Å²) in [5.74, 6) is -1.04. The second-order valence-electron chi connectivity index (χ2n) is 4.95. The molecule has 3 N–H and O–H groups in total. The molecule has 6 nitrogen and oxygen atoms in total. The van der Waals surface area contributed by atoms with Crippen molar-refractivity contribution in [3.63, 3.8) is 0 Å². The van der Waals surface area contributed by atoms with E-state index in [1.807, 2.05) is 0 Å². The molecule has 1 saturated heterocycles. The Kier molecular flexibility index (Phi) is 4.34. The number of carboxylic acids is 1. The zero-order valence-electron chi connectivity index (χ0n) is 10.6. The van der Waals surface area contributed by atoms with E-state index in [1.54, 1.807) is 11.9 Å². The molecule has 0 radical (unpaired) electrons. The highest BCUT2D eigenvalue weighted by molar-refractivity contribution is 5.85. The summed E-state index contributed by atoms with van der Waals surface area (Å²) in [6.45, 7) is 4.74. The third kappa shape index (κ3) is 3.59. The molecule has 2 amide bonds. The zero-order valence-corrected chi connectivity index (χ0v) is 10.6. The smallest absolute Gasteiger partial charge is 0.328 e. The van der Waals surface area contributed by atoms with Gasteiger partial charge in [0.25, 0.3) is 0 Å². The third-order valence-electron chi connectivity index (χ3n) is 3.13. The van der Waals surface area contributed by atoms with Crippen LogP contribution in [0.15, 0.2) is 0 Å². The van der Waals surface area contributed by atoms with Crippen LogP contribution in [0.5, 0.6) is 0 Å². The molecule has 0 bridgehead atoms. The lowest BCUT2D eigenvalue weighted by molar-refractivity contribution is -0.143. The molecule has 0 saturated carbocycles. The van der Waals surface area contributed by atoms with Gasteiger partial charge in [0.15, 0.2) is 0 Å². The number of nitrogens with zero attached hydrogens (tertiary/aromatic N) is 1. The van der Waals surface area contributed by atoms with Gasteiger partial charge in [-0.2, -0.15) is 0 Å². The highest BCUT2D eigenvalue weighted by atomic mass is 16.4. The van der Waals surface area contributed by atoms with Gasteiger partial charge in [-0.25, -0.2) is 9.59 Å². The van der Waals surface area contributed by atoms with Crippen LogP contribution < -0.4 is 10.6 Å². The van der Waals surface area contributed by atoms with Crippen molar-refractivity contribution >= 4 is 12.0 Å². The lowest BCUT2D eigenvalue weighted by Gasteiger charge is -2.33. The van der Waals surface area contributed by atoms with E-state index in [0.29, 0.717) is 0 Å². The van der Waals surface area contributed by atoms with E-state index in [9.17, 15) is 9.59 Å². The van der Waals surface area contributed by atoms with Crippen LogP contribution in [0.3, 0.4) is 0 Å². The van der Waals surface area contributed by atoms with Gasteiger partial charge in [0, 0.05) is 13.1 Å². The molecule has 1 aliphatic heterocycles. The molecule has 0 spiro atoms. The topological polar surface area (TPSA) is 81.7 Å². The highest BCUT2D eigenvalue weighted by Gasteiger charge is 2.31. The van der Waals surface area contributed by atoms with Gasteiger partial charge in [-0.05, 0) is 39.8 Å². The molecule has 1 rings (SSSR count). The molecular formula is C11H21N3O3. The molecule has 0 atom stereocenters. The lowest BCUT2D eigenvalue weighted by Crippen LogP contribution is -2.56. The van der Waals surface area contributed by atoms with E-state index in [1.165, 1.54) is 13.8 Å². The Hall–Kier alpha value is -1.30. The number of piperidine rings is 1. The molecular weight excluding hydrogens is 222 g/mol. The number of hydrogen-bond donors (Lipinski definition) is 3. The molecule has 1 heterocycles. The van der Waals surface area contributed by atoms with Crippen molar-refractivity contribution in [3.8, 4) is 0 Å². The number of aliphatic carboxylic acids is 1. The van der Waals surface area contributed by atoms with Gasteiger partial charge in [0.05, 0.1) is 0 Å². The first-order valence-corrected chi connectivity index (χ1v) is 5.83. The highest BCUT2D eigenvalue weighted by Crippen LogP contribution is 2.11. The van der Waals surface area contributed by atoms with Gasteiger partial charge in [0.1, 0.15) is 5.54 Å². The number of carbonyl (C=O) groups excluding carboxylic acids is 1. The van der Waals surface area contributed by atoms with E-state index >= 15 is 0 Å². The Balaban J connectivity index is 2.54. The van der Waals surface area contributed by atoms with Gasteiger partial charge < -0.3 is 20.6 Å². The minimum atomic E-state index is -1.24. The fourth-order valence-corrected chi connectivity index (χ4v) is 1.77. The van der Waals surface area contributed by atoms with Crippen LogP contribution in [0.4, 0.5) is 4.79 Å². The van der Waals surface area contributed by atoms with E-state index in [2.05, 4.69) is 10.6 Å². The second kappa shape index (κ2) is 5.35. The van der Waals surface area contributed by atoms with Crippen molar-refractivity contribution in [2.45, 2.75) is 38.3 Å². The normalized spacial score (nSPS) is 17.6. The van der Waals surface area contributed by atoms with Crippen molar-refractivity contribution in [2.75, 3.05) is 20.1 Å². The molecule has 17 heavy (non-hydrogen) atoms. The van der Waals surface area contributed by atoms with E-state index in [0.717, 1.165) is 25.9 Å². The molecule has 1 fully saturated rings. The first-order valence-electron chi connectivity index (χ1n) is 5.83. The number of carboxylic acid groups (broad SMARTS) is 1. The predicted molar refractivity (Wildman–Crippen MR) is 63.9 cm³/mol. The Labute approximate surface area is 101 Å². The van der Waals surface area contributed by atoms with Crippen molar-refractivity contribution in [1.29, 1.82) is 0 Å². The molecule has 0 aliphatic carbocycles. The summed E-state index contributed by atoms with van der Waals surface area (Å²) in [6.07, 6.45) is 1.80. The minimum Gasteiger partial charge on any atom is -0.480 e. The first kappa shape index (κ1) is 13.8. The van der Waals surface area contributed by atoms with Crippen LogP contribution in [0.25, 0.3) is 0 Å². The van der Waals surface area contributed by atoms with Gasteiger partial charge in [-0.3, -0.25) is 0 Å². The van der Waals surface area contributed by atoms with E-state index in [4.69, 9.17) is 5.11 Å². The van der Waals surface area contributed by atoms with Gasteiger partial charge >= 0.3 is 12.0 Å². The summed E-state index contributed by atoms with van der Waals surface area (Å²) in [5.41, 5.74) is -1.24. The van der Waals surface area contributed by atoms with Crippen molar-refractivity contribution in [2.24, 2.45) is 0 Å². The van der Waals surface area contributed by atoms with Gasteiger partial charge in [-0.15, -0.1) is 0 Å². The first-order chi connectivity index (χ1) is 7.84. The van der Waals surface area contributed by atoms with Crippen molar-refractivity contribution in [3.05, 3.63) is 0 Å². The molecule has 1 aliphatic rings. The molecule has 0 aromatic heterocycles. The van der Waals surface area contributed by atoms with Crippen molar-refractivity contribution < 1.29 is 14.7 Å². The predicted octanol–water partition coefficient (Wildman–Crippen LogP) is 0.243. The maximum atomic E-state index is 11.9. The van der Waals surface area contributed by atoms with Crippen LogP contribution in [-0.4, -0.2) is 53.7 Å². The molecule has 6 heteroatoms. The Morgan fingerprint density at radius 1 is 1.35 bits per heavy atom. The summed E-state index contributed by atoms with van der Waals surface area (Å²) < 4.78 is 0. The Morgan fingerprint density at radius 3 is 2.35 bits per heavy atom. The maximum absolute atomic E-state index is 11.9. The maximum Gasteiger partial charge on any atom is 0.328 e. The van der Waals surface area contributed by atoms with E-state index in [-0.39, 0.29) is 12.1 Å². The third-order valence-corrected chi connectivity index (χ3v) is 3.13. The summed E-state index contributed by atoms with van der Waals surface area (Å²) in [6, 6.07) is -0.148. The zero-order chi connectivity index (χ0) is 13.1. The summed E-state index contributed by atoms with van der Waals surface area (Å²) in [5, 5.41) is 14.7. The largest absolute Gasteiger partial charge is 0.480 e. The summed E-state index contributed by atoms with van der Waals surface area (Å²) >= 11 is 0. The lowest BCUT2D eigenvalue weighted by atomic mass is 10.0. The number of urea groups is 1. The fourth-order valence-electron chi connectivity index (χ4n) is 1.77. The second-order valence-corrected chi connectivity index (χ2v) is 4.95. The van der Waals surface area contributed by atoms with Crippen LogP contribution in [0, 0.1) is 0 Å². The Morgan fingerprint density at radius 2 is 1.88 bits per heavy atom. The number of rotatable bonds is 3. The summed E-state index contributed by atoms with van der Waals surface area (Å²) in [7, 11) is 1.71. The quantitative estimate of drug-likeness (QED) is 0.663. The van der Waals surface area contributed by atoms with Crippen LogP contribution in [0.2, 0.25) is 0 Å². The number of amides is 2. The average Bonchev–Trinajstić information content (AvgIpc) is 2.28. The number of carbonyl (C=O) groups is 2. The molecule has 98 valence electrons. The monoisotopic (exact) mass is 243 g/mol. The fraction of sp³-hybridized carbons (Fsp3) is 0.818. The van der Waals surface area contributed by atoms with Crippen LogP contribution in [0.1, 0.15) is 26.7 Å².